The average molecular weight is 284 g/mol. The van der Waals surface area contributed by atoms with Gasteiger partial charge < -0.3 is 4.74 Å². The van der Waals surface area contributed by atoms with Crippen molar-refractivity contribution in [1.29, 1.82) is 5.26 Å². The standard InChI is InChI=1S/C12H13FN2O3S/c13-11-4-1-5-12(10(11)7-14)15-19(16,17)8-9-3-2-6-18-9/h1,4-5,9,15H,2-3,6,8H2. The highest BCUT2D eigenvalue weighted by Crippen LogP contribution is 2.21. The summed E-state index contributed by atoms with van der Waals surface area (Å²) in [5, 5.41) is 8.83. The van der Waals surface area contributed by atoms with Crippen molar-refractivity contribution in [2.24, 2.45) is 0 Å². The van der Waals surface area contributed by atoms with Crippen molar-refractivity contribution in [2.45, 2.75) is 18.9 Å². The summed E-state index contributed by atoms with van der Waals surface area (Å²) in [4.78, 5) is 0. The van der Waals surface area contributed by atoms with Gasteiger partial charge in [-0.2, -0.15) is 5.26 Å². The van der Waals surface area contributed by atoms with Gasteiger partial charge >= 0.3 is 0 Å². The van der Waals surface area contributed by atoms with Crippen LogP contribution in [-0.4, -0.2) is 26.9 Å². The Labute approximate surface area is 111 Å². The summed E-state index contributed by atoms with van der Waals surface area (Å²) < 4.78 is 44.7. The van der Waals surface area contributed by atoms with Gasteiger partial charge in [-0.05, 0) is 25.0 Å². The third-order valence-corrected chi connectivity index (χ3v) is 4.16. The third-order valence-electron chi connectivity index (χ3n) is 2.82. The van der Waals surface area contributed by atoms with Gasteiger partial charge in [0.25, 0.3) is 0 Å². The van der Waals surface area contributed by atoms with Crippen LogP contribution >= 0.6 is 0 Å². The normalized spacial score (nSPS) is 19.1. The second-order valence-electron chi connectivity index (χ2n) is 4.29. The summed E-state index contributed by atoms with van der Waals surface area (Å²) in [6, 6.07) is 5.46. The van der Waals surface area contributed by atoms with Crippen LogP contribution in [0, 0.1) is 17.1 Å². The third kappa shape index (κ3) is 3.43. The number of anilines is 1. The lowest BCUT2D eigenvalue weighted by atomic mass is 10.2. The van der Waals surface area contributed by atoms with E-state index in [-0.39, 0.29) is 23.1 Å². The van der Waals surface area contributed by atoms with E-state index < -0.39 is 15.8 Å². The van der Waals surface area contributed by atoms with Crippen LogP contribution < -0.4 is 4.72 Å². The first-order valence-electron chi connectivity index (χ1n) is 5.82. The monoisotopic (exact) mass is 284 g/mol. The van der Waals surface area contributed by atoms with Crippen LogP contribution in [0.2, 0.25) is 0 Å². The van der Waals surface area contributed by atoms with Crippen molar-refractivity contribution >= 4 is 15.7 Å². The van der Waals surface area contributed by atoms with Crippen LogP contribution in [-0.2, 0) is 14.8 Å². The zero-order valence-corrected chi connectivity index (χ0v) is 10.9. The molecule has 0 aromatic heterocycles. The fourth-order valence-electron chi connectivity index (χ4n) is 1.95. The fraction of sp³-hybridized carbons (Fsp3) is 0.417. The molecule has 7 heteroatoms. The quantitative estimate of drug-likeness (QED) is 0.911. The minimum absolute atomic E-state index is 0.0412. The van der Waals surface area contributed by atoms with E-state index in [2.05, 4.69) is 4.72 Å². The Kier molecular flexibility index (Phi) is 4.02. The van der Waals surface area contributed by atoms with Gasteiger partial charge in [-0.3, -0.25) is 4.72 Å². The van der Waals surface area contributed by atoms with Gasteiger partial charge in [0, 0.05) is 6.61 Å². The minimum Gasteiger partial charge on any atom is -0.377 e. The van der Waals surface area contributed by atoms with Crippen LogP contribution in [0.15, 0.2) is 18.2 Å². The molecule has 19 heavy (non-hydrogen) atoms. The molecule has 1 fully saturated rings. The number of nitrogens with zero attached hydrogens (tertiary/aromatic N) is 1. The van der Waals surface area contributed by atoms with Gasteiger partial charge in [0.1, 0.15) is 17.4 Å². The molecule has 5 nitrogen and oxygen atoms in total. The van der Waals surface area contributed by atoms with E-state index in [4.69, 9.17) is 10.00 Å². The number of rotatable bonds is 4. The Morgan fingerprint density at radius 3 is 2.95 bits per heavy atom. The molecule has 2 rings (SSSR count). The van der Waals surface area contributed by atoms with Crippen LogP contribution in [0.4, 0.5) is 10.1 Å². The number of nitriles is 1. The molecule has 1 heterocycles. The molecule has 0 spiro atoms. The molecule has 0 bridgehead atoms. The lowest BCUT2D eigenvalue weighted by molar-refractivity contribution is 0.127. The van der Waals surface area contributed by atoms with E-state index in [0.29, 0.717) is 13.0 Å². The summed E-state index contributed by atoms with van der Waals surface area (Å²) in [7, 11) is -3.66. The lowest BCUT2D eigenvalue weighted by Gasteiger charge is -2.13. The maximum atomic E-state index is 13.3. The van der Waals surface area contributed by atoms with Crippen molar-refractivity contribution < 1.29 is 17.5 Å². The van der Waals surface area contributed by atoms with Gasteiger partial charge in [-0.15, -0.1) is 0 Å². The highest BCUT2D eigenvalue weighted by Gasteiger charge is 2.24. The summed E-state index contributed by atoms with van der Waals surface area (Å²) in [6.07, 6.45) is 1.19. The Morgan fingerprint density at radius 2 is 2.32 bits per heavy atom. The Hall–Kier alpha value is -1.65. The molecule has 102 valence electrons. The molecular formula is C12H13FN2O3S. The molecule has 0 aliphatic carbocycles. The lowest BCUT2D eigenvalue weighted by Crippen LogP contribution is -2.26. The molecule has 1 unspecified atom stereocenters. The molecule has 1 atom stereocenters. The van der Waals surface area contributed by atoms with Crippen molar-refractivity contribution in [3.8, 4) is 6.07 Å². The van der Waals surface area contributed by atoms with Crippen molar-refractivity contribution in [1.82, 2.24) is 0 Å². The largest absolute Gasteiger partial charge is 0.377 e. The van der Waals surface area contributed by atoms with Crippen LogP contribution in [0.25, 0.3) is 0 Å². The van der Waals surface area contributed by atoms with Gasteiger partial charge in [-0.1, -0.05) is 6.07 Å². The molecule has 1 aromatic carbocycles. The minimum atomic E-state index is -3.66. The van der Waals surface area contributed by atoms with Crippen LogP contribution in [0.5, 0.6) is 0 Å². The summed E-state index contributed by atoms with van der Waals surface area (Å²) in [5.74, 6) is -0.936. The number of sulfonamides is 1. The van der Waals surface area contributed by atoms with E-state index in [1.54, 1.807) is 6.07 Å². The number of benzene rings is 1. The summed E-state index contributed by atoms with van der Waals surface area (Å²) in [5.41, 5.74) is -0.348. The number of ether oxygens (including phenoxy) is 1. The first-order chi connectivity index (χ1) is 9.02. The van der Waals surface area contributed by atoms with Crippen molar-refractivity contribution in [2.75, 3.05) is 17.1 Å². The molecule has 0 amide bonds. The van der Waals surface area contributed by atoms with E-state index >= 15 is 0 Å². The summed E-state index contributed by atoms with van der Waals surface area (Å²) >= 11 is 0. The molecule has 1 aromatic rings. The molecule has 1 aliphatic heterocycles. The fourth-order valence-corrected chi connectivity index (χ4v) is 3.29. The molecule has 0 radical (unpaired) electrons. The average Bonchev–Trinajstić information content (AvgIpc) is 2.80. The number of hydrogen-bond donors (Lipinski definition) is 1. The van der Waals surface area contributed by atoms with Gasteiger partial charge in [0.2, 0.25) is 10.0 Å². The number of nitrogens with one attached hydrogen (secondary N) is 1. The number of hydrogen-bond acceptors (Lipinski definition) is 4. The predicted octanol–water partition coefficient (Wildman–Crippen LogP) is 1.62. The van der Waals surface area contributed by atoms with Crippen molar-refractivity contribution in [3.05, 3.63) is 29.6 Å². The van der Waals surface area contributed by atoms with Gasteiger partial charge in [0.15, 0.2) is 0 Å². The van der Waals surface area contributed by atoms with Gasteiger partial charge in [-0.25, -0.2) is 12.8 Å². The van der Waals surface area contributed by atoms with E-state index in [9.17, 15) is 12.8 Å². The van der Waals surface area contributed by atoms with Crippen molar-refractivity contribution in [3.63, 3.8) is 0 Å². The van der Waals surface area contributed by atoms with Crippen LogP contribution in [0.1, 0.15) is 18.4 Å². The maximum absolute atomic E-state index is 13.3. The second-order valence-corrected chi connectivity index (χ2v) is 6.06. The van der Waals surface area contributed by atoms with E-state index in [1.165, 1.54) is 12.1 Å². The SMILES string of the molecule is N#Cc1c(F)cccc1NS(=O)(=O)CC1CCCO1. The first-order valence-corrected chi connectivity index (χ1v) is 7.48. The smallest absolute Gasteiger partial charge is 0.235 e. The van der Waals surface area contributed by atoms with Gasteiger partial charge in [0.05, 0.1) is 17.5 Å². The van der Waals surface area contributed by atoms with E-state index in [1.807, 2.05) is 0 Å². The maximum Gasteiger partial charge on any atom is 0.235 e. The zero-order chi connectivity index (χ0) is 13.9. The Bertz CT molecular complexity index is 604. The topological polar surface area (TPSA) is 79.2 Å². The molecular weight excluding hydrogens is 271 g/mol. The highest BCUT2D eigenvalue weighted by atomic mass is 32.2. The molecule has 1 N–H and O–H groups in total. The van der Waals surface area contributed by atoms with E-state index in [0.717, 1.165) is 12.5 Å². The summed E-state index contributed by atoms with van der Waals surface area (Å²) in [6.45, 7) is 0.559. The van der Waals surface area contributed by atoms with Crippen LogP contribution in [0.3, 0.4) is 0 Å². The molecule has 1 aliphatic rings. The molecule has 1 saturated heterocycles. The highest BCUT2D eigenvalue weighted by molar-refractivity contribution is 7.92. The Balaban J connectivity index is 2.16. The first kappa shape index (κ1) is 13.8. The molecule has 0 saturated carbocycles. The Morgan fingerprint density at radius 1 is 1.53 bits per heavy atom. The zero-order valence-electron chi connectivity index (χ0n) is 10.1. The second kappa shape index (κ2) is 5.55. The predicted molar refractivity (Wildman–Crippen MR) is 67.5 cm³/mol. The number of halogens is 1.